The lowest BCUT2D eigenvalue weighted by Gasteiger charge is -2.41. The number of hydrogen-bond acceptors (Lipinski definition) is 3. The fourth-order valence-electron chi connectivity index (χ4n) is 5.79. The van der Waals surface area contributed by atoms with Crippen molar-refractivity contribution in [3.63, 3.8) is 0 Å². The van der Waals surface area contributed by atoms with Gasteiger partial charge in [0.05, 0.1) is 0 Å². The van der Waals surface area contributed by atoms with Gasteiger partial charge in [-0.25, -0.2) is 0 Å². The first-order valence-electron chi connectivity index (χ1n) is 11.5. The molecule has 1 heterocycles. The van der Waals surface area contributed by atoms with Crippen LogP contribution in [0.1, 0.15) is 83.5 Å². The normalized spacial score (nSPS) is 35.5. The molecular weight excluding hydrogens is 336 g/mol. The lowest BCUT2D eigenvalue weighted by Crippen LogP contribution is -2.56. The van der Waals surface area contributed by atoms with E-state index in [4.69, 9.17) is 5.41 Å². The lowest BCUT2D eigenvalue weighted by atomic mass is 9.69. The molecule has 27 heavy (non-hydrogen) atoms. The van der Waals surface area contributed by atoms with E-state index in [9.17, 15) is 4.79 Å². The number of amides is 1. The number of nitrogens with one attached hydrogen (secondary N) is 3. The number of likely N-dealkylation sites (N-methyl/N-ethyl adjacent to an activating group) is 1. The van der Waals surface area contributed by atoms with Gasteiger partial charge in [0.1, 0.15) is 5.54 Å². The number of carbonyl (C=O) groups excluding carboxylic acids is 1. The Morgan fingerprint density at radius 3 is 2.52 bits per heavy atom. The molecule has 0 radical (unpaired) electrons. The van der Waals surface area contributed by atoms with E-state index in [0.29, 0.717) is 17.9 Å². The average Bonchev–Trinajstić information content (AvgIpc) is 3.50. The van der Waals surface area contributed by atoms with Crippen molar-refractivity contribution >= 4 is 11.9 Å². The molecule has 5 heteroatoms. The van der Waals surface area contributed by atoms with Gasteiger partial charge in [0, 0.05) is 13.1 Å². The first-order chi connectivity index (χ1) is 13.1. The van der Waals surface area contributed by atoms with Gasteiger partial charge in [-0.15, -0.1) is 0 Å². The zero-order chi connectivity index (χ0) is 18.9. The van der Waals surface area contributed by atoms with Gasteiger partial charge in [-0.1, -0.05) is 38.5 Å². The molecule has 152 valence electrons. The van der Waals surface area contributed by atoms with E-state index in [1.54, 1.807) is 11.9 Å². The fourth-order valence-corrected chi connectivity index (χ4v) is 5.79. The third-order valence-electron chi connectivity index (χ3n) is 7.80. The van der Waals surface area contributed by atoms with E-state index < -0.39 is 5.54 Å². The zero-order valence-electron chi connectivity index (χ0n) is 17.1. The second-order valence-corrected chi connectivity index (χ2v) is 9.76. The van der Waals surface area contributed by atoms with Crippen molar-refractivity contribution in [2.24, 2.45) is 17.8 Å². The van der Waals surface area contributed by atoms with Crippen molar-refractivity contribution in [1.29, 1.82) is 5.41 Å². The summed E-state index contributed by atoms with van der Waals surface area (Å²) in [7, 11) is 1.77. The molecule has 0 aromatic heterocycles. The minimum absolute atomic E-state index is 0.149. The first kappa shape index (κ1) is 19.2. The molecule has 3 atom stereocenters. The van der Waals surface area contributed by atoms with Gasteiger partial charge in [-0.3, -0.25) is 15.1 Å². The Morgan fingerprint density at radius 2 is 1.85 bits per heavy atom. The Balaban J connectivity index is 1.45. The van der Waals surface area contributed by atoms with Crippen molar-refractivity contribution in [1.82, 2.24) is 15.5 Å². The van der Waals surface area contributed by atoms with Gasteiger partial charge in [0.15, 0.2) is 5.96 Å². The van der Waals surface area contributed by atoms with Crippen LogP contribution < -0.4 is 10.6 Å². The van der Waals surface area contributed by atoms with Crippen LogP contribution in [0.25, 0.3) is 0 Å². The number of rotatable bonds is 7. The Bertz CT molecular complexity index is 555. The van der Waals surface area contributed by atoms with Crippen LogP contribution in [0.3, 0.4) is 0 Å². The molecule has 0 aromatic carbocycles. The second kappa shape index (κ2) is 8.10. The molecule has 5 nitrogen and oxygen atoms in total. The summed E-state index contributed by atoms with van der Waals surface area (Å²) in [6.07, 6.45) is 16.2. The Morgan fingerprint density at radius 1 is 1.07 bits per heavy atom. The van der Waals surface area contributed by atoms with Crippen LogP contribution in [-0.4, -0.2) is 41.9 Å². The van der Waals surface area contributed by atoms with Crippen LogP contribution >= 0.6 is 0 Å². The summed E-state index contributed by atoms with van der Waals surface area (Å²) in [5.41, 5.74) is -0.525. The molecule has 4 fully saturated rings. The summed E-state index contributed by atoms with van der Waals surface area (Å²) in [4.78, 5) is 14.9. The van der Waals surface area contributed by atoms with Crippen LogP contribution in [-0.2, 0) is 4.79 Å². The molecular formula is C22H38N4O. The molecule has 4 rings (SSSR count). The third-order valence-corrected chi connectivity index (χ3v) is 7.80. The molecule has 0 bridgehead atoms. The van der Waals surface area contributed by atoms with E-state index >= 15 is 0 Å². The summed E-state index contributed by atoms with van der Waals surface area (Å²) >= 11 is 0. The fraction of sp³-hybridized carbons (Fsp3) is 0.909. The Kier molecular flexibility index (Phi) is 5.77. The second-order valence-electron chi connectivity index (χ2n) is 9.76. The lowest BCUT2D eigenvalue weighted by molar-refractivity contribution is -0.133. The summed E-state index contributed by atoms with van der Waals surface area (Å²) < 4.78 is 0. The van der Waals surface area contributed by atoms with Crippen molar-refractivity contribution < 1.29 is 4.79 Å². The maximum atomic E-state index is 13.3. The van der Waals surface area contributed by atoms with Gasteiger partial charge in [-0.05, 0) is 69.2 Å². The Labute approximate surface area is 164 Å². The van der Waals surface area contributed by atoms with Crippen molar-refractivity contribution in [3.8, 4) is 0 Å². The van der Waals surface area contributed by atoms with Crippen molar-refractivity contribution in [2.75, 3.05) is 13.6 Å². The number of hydrogen-bond donors (Lipinski definition) is 3. The molecule has 1 saturated heterocycles. The Hall–Kier alpha value is -1.10. The van der Waals surface area contributed by atoms with Crippen molar-refractivity contribution in [3.05, 3.63) is 0 Å². The minimum Gasteiger partial charge on any atom is -0.341 e. The number of nitrogens with zero attached hydrogens (tertiary/aromatic N) is 1. The van der Waals surface area contributed by atoms with Gasteiger partial charge in [0.2, 0.25) is 0 Å². The molecule has 3 N–H and O–H groups in total. The number of guanidine groups is 1. The van der Waals surface area contributed by atoms with Crippen LogP contribution in [0.15, 0.2) is 0 Å². The minimum atomic E-state index is -0.525. The van der Waals surface area contributed by atoms with Gasteiger partial charge < -0.3 is 10.6 Å². The smallest absolute Gasteiger partial charge is 0.255 e. The van der Waals surface area contributed by atoms with E-state index in [2.05, 4.69) is 10.6 Å². The molecule has 0 spiro atoms. The van der Waals surface area contributed by atoms with E-state index in [-0.39, 0.29) is 5.91 Å². The largest absolute Gasteiger partial charge is 0.341 e. The maximum absolute atomic E-state index is 13.3. The van der Waals surface area contributed by atoms with Gasteiger partial charge in [0.25, 0.3) is 5.91 Å². The molecule has 1 amide bonds. The highest BCUT2D eigenvalue weighted by Gasteiger charge is 2.53. The van der Waals surface area contributed by atoms with Crippen LogP contribution in [0.4, 0.5) is 0 Å². The zero-order valence-corrected chi connectivity index (χ0v) is 17.1. The molecule has 0 unspecified atom stereocenters. The van der Waals surface area contributed by atoms with Crippen LogP contribution in [0.5, 0.6) is 0 Å². The first-order valence-corrected chi connectivity index (χ1v) is 11.5. The average molecular weight is 375 g/mol. The SMILES string of the molecule is CN1C(=N)N[C@](CCC2CCCCC2)([C@@H]2CCC[C@@H](NCC3CC3)C2)C1=O. The quantitative estimate of drug-likeness (QED) is 0.637. The predicted molar refractivity (Wildman–Crippen MR) is 109 cm³/mol. The van der Waals surface area contributed by atoms with Crippen LogP contribution in [0.2, 0.25) is 0 Å². The predicted octanol–water partition coefficient (Wildman–Crippen LogP) is 3.64. The highest BCUT2D eigenvalue weighted by atomic mass is 16.2. The van der Waals surface area contributed by atoms with Crippen LogP contribution in [0, 0.1) is 23.2 Å². The summed E-state index contributed by atoms with van der Waals surface area (Å²) in [5.74, 6) is 2.48. The van der Waals surface area contributed by atoms with Gasteiger partial charge in [-0.2, -0.15) is 0 Å². The standard InChI is InChI=1S/C22H38N4O/c1-26-20(27)22(25-21(26)23,13-12-16-6-3-2-4-7-16)18-8-5-9-19(14-18)24-15-17-10-11-17/h16-19,24H,2-15H2,1H3,(H2,23,25)/t18-,19-,22-/m1/s1. The molecule has 3 saturated carbocycles. The highest BCUT2D eigenvalue weighted by molar-refractivity contribution is 6.07. The van der Waals surface area contributed by atoms with E-state index in [1.807, 2.05) is 0 Å². The molecule has 1 aliphatic heterocycles. The highest BCUT2D eigenvalue weighted by Crippen LogP contribution is 2.41. The third kappa shape index (κ3) is 4.18. The summed E-state index contributed by atoms with van der Waals surface area (Å²) in [6.45, 7) is 1.16. The molecule has 4 aliphatic rings. The molecule has 3 aliphatic carbocycles. The van der Waals surface area contributed by atoms with Gasteiger partial charge >= 0.3 is 0 Å². The van der Waals surface area contributed by atoms with E-state index in [0.717, 1.165) is 44.1 Å². The summed E-state index contributed by atoms with van der Waals surface area (Å²) in [5, 5.41) is 15.5. The van der Waals surface area contributed by atoms with E-state index in [1.165, 1.54) is 57.8 Å². The van der Waals surface area contributed by atoms with Crippen molar-refractivity contribution in [2.45, 2.75) is 95.1 Å². The monoisotopic (exact) mass is 374 g/mol. The maximum Gasteiger partial charge on any atom is 0.255 e. The number of carbonyl (C=O) groups is 1. The molecule has 0 aromatic rings. The summed E-state index contributed by atoms with van der Waals surface area (Å²) in [6, 6.07) is 0.547. The topological polar surface area (TPSA) is 68.2 Å².